The van der Waals surface area contributed by atoms with Gasteiger partial charge in [-0.25, -0.2) is 0 Å². The number of carbonyl (C=O) groups is 1. The Morgan fingerprint density at radius 1 is 0.939 bits per heavy atom. The lowest BCUT2D eigenvalue weighted by atomic mass is 10.1. The molecule has 1 amide bonds. The van der Waals surface area contributed by atoms with Crippen LogP contribution < -0.4 is 5.32 Å². The maximum Gasteiger partial charge on any atom is 0.291 e. The second kappa shape index (κ2) is 8.04. The van der Waals surface area contributed by atoms with Gasteiger partial charge in [-0.15, -0.1) is 10.2 Å². The molecule has 0 bridgehead atoms. The van der Waals surface area contributed by atoms with Crippen LogP contribution in [0.1, 0.15) is 16.1 Å². The van der Waals surface area contributed by atoms with Crippen LogP contribution in [0, 0.1) is 17.0 Å². The number of nitro groups is 1. The lowest BCUT2D eigenvalue weighted by Gasteiger charge is -2.02. The molecule has 2 aromatic heterocycles. The first kappa shape index (κ1) is 20.1. The molecule has 0 atom stereocenters. The summed E-state index contributed by atoms with van der Waals surface area (Å²) in [7, 11) is 0. The van der Waals surface area contributed by atoms with Gasteiger partial charge in [0.25, 0.3) is 11.6 Å². The number of nitrogens with zero attached hydrogens (tertiary/aromatic N) is 4. The number of hydrogen-bond donors (Lipinski definition) is 1. The smallest absolute Gasteiger partial charge is 0.291 e. The van der Waals surface area contributed by atoms with Crippen molar-refractivity contribution in [1.29, 1.82) is 0 Å². The number of amides is 1. The average Bonchev–Trinajstić information content (AvgIpc) is 3.47. The van der Waals surface area contributed by atoms with E-state index in [1.54, 1.807) is 47.3 Å². The van der Waals surface area contributed by atoms with Crippen molar-refractivity contribution in [2.45, 2.75) is 6.92 Å². The molecule has 0 saturated heterocycles. The Labute approximate surface area is 187 Å². The number of nitrogens with one attached hydrogen (secondary N) is 1. The van der Waals surface area contributed by atoms with Gasteiger partial charge in [-0.1, -0.05) is 17.7 Å². The molecular formula is C24H17N5O4. The molecule has 0 fully saturated rings. The molecule has 0 aliphatic carbocycles. The molecule has 9 heteroatoms. The minimum Gasteiger partial charge on any atom is -0.451 e. The largest absolute Gasteiger partial charge is 0.451 e. The van der Waals surface area contributed by atoms with Gasteiger partial charge in [0.05, 0.1) is 10.6 Å². The Hall–Kier alpha value is -4.79. The molecule has 3 aromatic carbocycles. The first-order chi connectivity index (χ1) is 16.0. The summed E-state index contributed by atoms with van der Waals surface area (Å²) in [6, 6.07) is 22.2. The number of rotatable bonds is 5. The fourth-order valence-electron chi connectivity index (χ4n) is 3.34. The van der Waals surface area contributed by atoms with Crippen molar-refractivity contribution >= 4 is 28.3 Å². The van der Waals surface area contributed by atoms with Gasteiger partial charge in [0.1, 0.15) is 16.8 Å². The highest BCUT2D eigenvalue weighted by molar-refractivity contribution is 6.03. The van der Waals surface area contributed by atoms with Crippen molar-refractivity contribution in [2.75, 3.05) is 5.32 Å². The van der Waals surface area contributed by atoms with Crippen molar-refractivity contribution in [3.05, 3.63) is 100 Å². The number of nitro benzene ring substituents is 1. The third-order valence-corrected chi connectivity index (χ3v) is 5.10. The van der Waals surface area contributed by atoms with E-state index in [9.17, 15) is 14.9 Å². The Kier molecular flexibility index (Phi) is 4.91. The van der Waals surface area contributed by atoms with Gasteiger partial charge < -0.3 is 9.73 Å². The summed E-state index contributed by atoms with van der Waals surface area (Å²) in [5.74, 6) is 0.131. The second-order valence-electron chi connectivity index (χ2n) is 7.45. The van der Waals surface area contributed by atoms with E-state index >= 15 is 0 Å². The molecule has 0 saturated carbocycles. The van der Waals surface area contributed by atoms with Gasteiger partial charge in [0.15, 0.2) is 5.76 Å². The Morgan fingerprint density at radius 3 is 2.39 bits per heavy atom. The molecule has 2 heterocycles. The van der Waals surface area contributed by atoms with Crippen LogP contribution in [-0.2, 0) is 0 Å². The highest BCUT2D eigenvalue weighted by atomic mass is 16.6. The molecule has 33 heavy (non-hydrogen) atoms. The molecule has 9 nitrogen and oxygen atoms in total. The van der Waals surface area contributed by atoms with Gasteiger partial charge >= 0.3 is 0 Å². The fourth-order valence-corrected chi connectivity index (χ4v) is 3.34. The summed E-state index contributed by atoms with van der Waals surface area (Å²) in [4.78, 5) is 24.5. The van der Waals surface area contributed by atoms with Crippen LogP contribution in [-0.4, -0.2) is 25.8 Å². The minimum absolute atomic E-state index is 0.0158. The van der Waals surface area contributed by atoms with Crippen LogP contribution in [0.25, 0.3) is 28.0 Å². The number of carbonyl (C=O) groups excluding carboxylic acids is 1. The maximum absolute atomic E-state index is 12.7. The number of aryl methyl sites for hydroxylation is 1. The van der Waals surface area contributed by atoms with Crippen LogP contribution in [0.3, 0.4) is 0 Å². The standard InChI is InChI=1S/C24H17N5O4/c1-15-2-7-18(8-3-15)28-26-20-11-6-17(14-21(20)27-28)25-24(30)23-13-12-22(33-23)16-4-9-19(10-5-16)29(31)32/h2-14H,1H3,(H,25,30). The molecule has 5 aromatic rings. The van der Waals surface area contributed by atoms with E-state index in [2.05, 4.69) is 15.5 Å². The van der Waals surface area contributed by atoms with E-state index in [1.165, 1.54) is 12.1 Å². The van der Waals surface area contributed by atoms with Crippen LogP contribution in [0.15, 0.2) is 83.3 Å². The molecule has 0 unspecified atom stereocenters. The van der Waals surface area contributed by atoms with Crippen LogP contribution in [0.4, 0.5) is 11.4 Å². The molecule has 5 rings (SSSR count). The molecule has 0 aliphatic rings. The summed E-state index contributed by atoms with van der Waals surface area (Å²) < 4.78 is 5.65. The third-order valence-electron chi connectivity index (χ3n) is 5.10. The zero-order valence-electron chi connectivity index (χ0n) is 17.4. The van der Waals surface area contributed by atoms with Crippen LogP contribution in [0.5, 0.6) is 0 Å². The van der Waals surface area contributed by atoms with E-state index in [4.69, 9.17) is 4.42 Å². The lowest BCUT2D eigenvalue weighted by Crippen LogP contribution is -2.10. The van der Waals surface area contributed by atoms with Crippen molar-refractivity contribution < 1.29 is 14.1 Å². The highest BCUT2D eigenvalue weighted by Crippen LogP contribution is 2.25. The first-order valence-electron chi connectivity index (χ1n) is 10.1. The summed E-state index contributed by atoms with van der Waals surface area (Å²) in [5.41, 5.74) is 4.50. The Morgan fingerprint density at radius 2 is 1.67 bits per heavy atom. The van der Waals surface area contributed by atoms with Gasteiger partial charge in [-0.2, -0.15) is 4.80 Å². The number of non-ortho nitro benzene ring substituents is 1. The lowest BCUT2D eigenvalue weighted by molar-refractivity contribution is -0.384. The van der Waals surface area contributed by atoms with E-state index in [1.807, 2.05) is 31.2 Å². The summed E-state index contributed by atoms with van der Waals surface area (Å²) in [6.07, 6.45) is 0. The Balaban J connectivity index is 1.33. The van der Waals surface area contributed by atoms with Crippen molar-refractivity contribution in [1.82, 2.24) is 15.0 Å². The average molecular weight is 439 g/mol. The van der Waals surface area contributed by atoms with Gasteiger partial charge in [0.2, 0.25) is 0 Å². The number of aromatic nitrogens is 3. The second-order valence-corrected chi connectivity index (χ2v) is 7.45. The van der Waals surface area contributed by atoms with Gasteiger partial charge in [-0.05, 0) is 61.5 Å². The summed E-state index contributed by atoms with van der Waals surface area (Å²) in [6.45, 7) is 2.01. The molecule has 0 aliphatic heterocycles. The molecular weight excluding hydrogens is 422 g/mol. The molecule has 162 valence electrons. The normalized spacial score (nSPS) is 10.9. The van der Waals surface area contributed by atoms with Gasteiger partial charge in [-0.3, -0.25) is 14.9 Å². The summed E-state index contributed by atoms with van der Waals surface area (Å²) in [5, 5.41) is 22.6. The predicted molar refractivity (Wildman–Crippen MR) is 122 cm³/mol. The van der Waals surface area contributed by atoms with Crippen molar-refractivity contribution in [2.24, 2.45) is 0 Å². The number of fused-ring (bicyclic) bond motifs is 1. The molecule has 1 N–H and O–H groups in total. The fraction of sp³-hybridized carbons (Fsp3) is 0.0417. The minimum atomic E-state index is -0.471. The SMILES string of the molecule is Cc1ccc(-n2nc3ccc(NC(=O)c4ccc(-c5ccc([N+](=O)[O-])cc5)o4)cc3n2)cc1. The monoisotopic (exact) mass is 439 g/mol. The number of benzene rings is 3. The number of anilines is 1. The molecule has 0 spiro atoms. The first-order valence-corrected chi connectivity index (χ1v) is 10.1. The quantitative estimate of drug-likeness (QED) is 0.299. The number of hydrogen-bond acceptors (Lipinski definition) is 6. The highest BCUT2D eigenvalue weighted by Gasteiger charge is 2.14. The van der Waals surface area contributed by atoms with E-state index in [0.29, 0.717) is 28.0 Å². The summed E-state index contributed by atoms with van der Waals surface area (Å²) >= 11 is 0. The third kappa shape index (κ3) is 4.07. The topological polar surface area (TPSA) is 116 Å². The maximum atomic E-state index is 12.7. The van der Waals surface area contributed by atoms with Gasteiger partial charge in [0, 0.05) is 23.4 Å². The van der Waals surface area contributed by atoms with Crippen molar-refractivity contribution in [3.63, 3.8) is 0 Å². The van der Waals surface area contributed by atoms with E-state index < -0.39 is 10.8 Å². The van der Waals surface area contributed by atoms with Crippen molar-refractivity contribution in [3.8, 4) is 17.0 Å². The number of furan rings is 1. The van der Waals surface area contributed by atoms with Crippen LogP contribution >= 0.6 is 0 Å². The Bertz CT molecular complexity index is 1480. The zero-order chi connectivity index (χ0) is 22.9. The molecule has 0 radical (unpaired) electrons. The van der Waals surface area contributed by atoms with E-state index in [0.717, 1.165) is 11.3 Å². The predicted octanol–water partition coefficient (Wildman–Crippen LogP) is 5.15. The zero-order valence-corrected chi connectivity index (χ0v) is 17.4. The van der Waals surface area contributed by atoms with E-state index in [-0.39, 0.29) is 11.4 Å². The van der Waals surface area contributed by atoms with Crippen LogP contribution in [0.2, 0.25) is 0 Å².